The zero-order valence-electron chi connectivity index (χ0n) is 10.0. The van der Waals surface area contributed by atoms with E-state index in [2.05, 4.69) is 22.2 Å². The SMILES string of the molecule is C[C@@H](NCc1ncccn1)C1CCCCC1. The van der Waals surface area contributed by atoms with E-state index >= 15 is 0 Å². The summed E-state index contributed by atoms with van der Waals surface area (Å²) in [7, 11) is 0. The van der Waals surface area contributed by atoms with E-state index in [1.54, 1.807) is 12.4 Å². The highest BCUT2D eigenvalue weighted by atomic mass is 15.0. The molecule has 0 saturated heterocycles. The number of nitrogens with zero attached hydrogens (tertiary/aromatic N) is 2. The van der Waals surface area contributed by atoms with Crippen LogP contribution in [0.4, 0.5) is 0 Å². The summed E-state index contributed by atoms with van der Waals surface area (Å²) in [5.74, 6) is 1.74. The molecule has 1 saturated carbocycles. The van der Waals surface area contributed by atoms with Gasteiger partial charge in [-0.25, -0.2) is 9.97 Å². The van der Waals surface area contributed by atoms with Gasteiger partial charge in [0.25, 0.3) is 0 Å². The van der Waals surface area contributed by atoms with Gasteiger partial charge >= 0.3 is 0 Å². The average molecular weight is 219 g/mol. The van der Waals surface area contributed by atoms with Crippen LogP contribution in [-0.2, 0) is 6.54 Å². The number of nitrogens with one attached hydrogen (secondary N) is 1. The molecule has 1 aromatic heterocycles. The minimum atomic E-state index is 0.587. The highest BCUT2D eigenvalue weighted by molar-refractivity contribution is 4.89. The van der Waals surface area contributed by atoms with Crippen molar-refractivity contribution in [2.45, 2.75) is 51.6 Å². The molecule has 2 rings (SSSR count). The van der Waals surface area contributed by atoms with Gasteiger partial charge in [0.2, 0.25) is 0 Å². The van der Waals surface area contributed by atoms with E-state index in [1.807, 2.05) is 6.07 Å². The summed E-state index contributed by atoms with van der Waals surface area (Å²) >= 11 is 0. The molecule has 16 heavy (non-hydrogen) atoms. The Morgan fingerprint density at radius 2 is 1.94 bits per heavy atom. The lowest BCUT2D eigenvalue weighted by Crippen LogP contribution is -2.34. The first-order valence-corrected chi connectivity index (χ1v) is 6.35. The van der Waals surface area contributed by atoms with Crippen molar-refractivity contribution in [1.29, 1.82) is 0 Å². The molecule has 0 spiro atoms. The lowest BCUT2D eigenvalue weighted by atomic mass is 9.84. The molecular weight excluding hydrogens is 198 g/mol. The lowest BCUT2D eigenvalue weighted by molar-refractivity contribution is 0.279. The van der Waals surface area contributed by atoms with Crippen molar-refractivity contribution < 1.29 is 0 Å². The van der Waals surface area contributed by atoms with Crippen LogP contribution in [0.5, 0.6) is 0 Å². The predicted octanol–water partition coefficient (Wildman–Crippen LogP) is 2.54. The number of hydrogen-bond donors (Lipinski definition) is 1. The summed E-state index contributed by atoms with van der Waals surface area (Å²) in [6, 6.07) is 2.44. The van der Waals surface area contributed by atoms with Gasteiger partial charge in [-0.15, -0.1) is 0 Å². The average Bonchev–Trinajstić information content (AvgIpc) is 2.38. The van der Waals surface area contributed by atoms with Crippen LogP contribution in [0.2, 0.25) is 0 Å². The Kier molecular flexibility index (Phi) is 4.28. The van der Waals surface area contributed by atoms with E-state index in [0.717, 1.165) is 18.3 Å². The van der Waals surface area contributed by atoms with E-state index in [9.17, 15) is 0 Å². The Labute approximate surface area is 97.7 Å². The Morgan fingerprint density at radius 3 is 2.62 bits per heavy atom. The fourth-order valence-corrected chi connectivity index (χ4v) is 2.47. The van der Waals surface area contributed by atoms with E-state index in [0.29, 0.717) is 6.04 Å². The van der Waals surface area contributed by atoms with Crippen molar-refractivity contribution in [1.82, 2.24) is 15.3 Å². The van der Waals surface area contributed by atoms with Crippen LogP contribution < -0.4 is 5.32 Å². The fourth-order valence-electron chi connectivity index (χ4n) is 2.47. The molecule has 0 amide bonds. The maximum atomic E-state index is 4.22. The van der Waals surface area contributed by atoms with Crippen molar-refractivity contribution in [3.8, 4) is 0 Å². The predicted molar refractivity (Wildman–Crippen MR) is 64.9 cm³/mol. The summed E-state index contributed by atoms with van der Waals surface area (Å²) in [5.41, 5.74) is 0. The van der Waals surface area contributed by atoms with E-state index in [1.165, 1.54) is 32.1 Å². The Bertz CT molecular complexity index is 293. The van der Waals surface area contributed by atoms with Gasteiger partial charge < -0.3 is 5.32 Å². The summed E-state index contributed by atoms with van der Waals surface area (Å²) in [5, 5.41) is 3.54. The van der Waals surface area contributed by atoms with Crippen LogP contribution in [-0.4, -0.2) is 16.0 Å². The molecule has 1 atom stereocenters. The first kappa shape index (κ1) is 11.5. The topological polar surface area (TPSA) is 37.8 Å². The van der Waals surface area contributed by atoms with Gasteiger partial charge in [0.15, 0.2) is 0 Å². The van der Waals surface area contributed by atoms with Crippen molar-refractivity contribution in [2.24, 2.45) is 5.92 Å². The van der Waals surface area contributed by atoms with Crippen LogP contribution in [0, 0.1) is 5.92 Å². The third kappa shape index (κ3) is 3.27. The van der Waals surface area contributed by atoms with Gasteiger partial charge in [-0.05, 0) is 31.7 Å². The molecule has 3 heteroatoms. The molecule has 1 N–H and O–H groups in total. The second-order valence-electron chi connectivity index (χ2n) is 4.73. The maximum absolute atomic E-state index is 4.22. The van der Waals surface area contributed by atoms with Crippen molar-refractivity contribution in [2.75, 3.05) is 0 Å². The van der Waals surface area contributed by atoms with E-state index in [-0.39, 0.29) is 0 Å². The van der Waals surface area contributed by atoms with Gasteiger partial charge in [0.05, 0.1) is 6.54 Å². The van der Waals surface area contributed by atoms with Crippen LogP contribution in [0.3, 0.4) is 0 Å². The molecule has 1 heterocycles. The molecule has 1 fully saturated rings. The highest BCUT2D eigenvalue weighted by Gasteiger charge is 2.19. The van der Waals surface area contributed by atoms with Gasteiger partial charge in [-0.3, -0.25) is 0 Å². The number of aromatic nitrogens is 2. The second-order valence-corrected chi connectivity index (χ2v) is 4.73. The maximum Gasteiger partial charge on any atom is 0.141 e. The van der Waals surface area contributed by atoms with Gasteiger partial charge in [-0.1, -0.05) is 19.3 Å². The van der Waals surface area contributed by atoms with Crippen LogP contribution in [0.25, 0.3) is 0 Å². The molecule has 0 bridgehead atoms. The minimum absolute atomic E-state index is 0.587. The number of rotatable bonds is 4. The van der Waals surface area contributed by atoms with Crippen LogP contribution >= 0.6 is 0 Å². The van der Waals surface area contributed by atoms with E-state index in [4.69, 9.17) is 0 Å². The van der Waals surface area contributed by atoms with Crippen molar-refractivity contribution in [3.63, 3.8) is 0 Å². The third-order valence-electron chi connectivity index (χ3n) is 3.56. The molecule has 0 unspecified atom stereocenters. The lowest BCUT2D eigenvalue weighted by Gasteiger charge is -2.28. The van der Waals surface area contributed by atoms with Crippen molar-refractivity contribution in [3.05, 3.63) is 24.3 Å². The first-order chi connectivity index (χ1) is 7.86. The standard InChI is InChI=1S/C13H21N3/c1-11(12-6-3-2-4-7-12)16-10-13-14-8-5-9-15-13/h5,8-9,11-12,16H,2-4,6-7,10H2,1H3/t11-/m1/s1. The monoisotopic (exact) mass is 219 g/mol. The van der Waals surface area contributed by atoms with Gasteiger partial charge in [0.1, 0.15) is 5.82 Å². The molecular formula is C13H21N3. The summed E-state index contributed by atoms with van der Waals surface area (Å²) in [4.78, 5) is 8.44. The molecule has 1 aliphatic rings. The minimum Gasteiger partial charge on any atom is -0.307 e. The summed E-state index contributed by atoms with van der Waals surface area (Å²) in [6.45, 7) is 3.08. The largest absolute Gasteiger partial charge is 0.307 e. The Balaban J connectivity index is 1.76. The molecule has 88 valence electrons. The van der Waals surface area contributed by atoms with Crippen LogP contribution in [0.1, 0.15) is 44.9 Å². The van der Waals surface area contributed by atoms with Crippen molar-refractivity contribution >= 4 is 0 Å². The van der Waals surface area contributed by atoms with Crippen LogP contribution in [0.15, 0.2) is 18.5 Å². The number of hydrogen-bond acceptors (Lipinski definition) is 3. The zero-order chi connectivity index (χ0) is 11.2. The van der Waals surface area contributed by atoms with E-state index < -0.39 is 0 Å². The molecule has 0 radical (unpaired) electrons. The Hall–Kier alpha value is -0.960. The molecule has 3 nitrogen and oxygen atoms in total. The molecule has 1 aromatic rings. The third-order valence-corrected chi connectivity index (χ3v) is 3.56. The Morgan fingerprint density at radius 1 is 1.25 bits per heavy atom. The molecule has 0 aliphatic heterocycles. The zero-order valence-corrected chi connectivity index (χ0v) is 10.0. The fraction of sp³-hybridized carbons (Fsp3) is 0.692. The summed E-state index contributed by atoms with van der Waals surface area (Å²) < 4.78 is 0. The smallest absolute Gasteiger partial charge is 0.141 e. The van der Waals surface area contributed by atoms with Gasteiger partial charge in [0, 0.05) is 18.4 Å². The molecule has 1 aliphatic carbocycles. The normalized spacial score (nSPS) is 19.6. The first-order valence-electron chi connectivity index (χ1n) is 6.35. The highest BCUT2D eigenvalue weighted by Crippen LogP contribution is 2.26. The molecule has 0 aromatic carbocycles. The second kappa shape index (κ2) is 5.94. The van der Waals surface area contributed by atoms with Gasteiger partial charge in [-0.2, -0.15) is 0 Å². The summed E-state index contributed by atoms with van der Waals surface area (Å²) in [6.07, 6.45) is 10.6. The quantitative estimate of drug-likeness (QED) is 0.845.